The van der Waals surface area contributed by atoms with Crippen LogP contribution in [0.3, 0.4) is 0 Å². The van der Waals surface area contributed by atoms with Gasteiger partial charge in [0.25, 0.3) is 5.56 Å². The molecule has 0 atom stereocenters. The van der Waals surface area contributed by atoms with E-state index in [1.54, 1.807) is 6.20 Å². The Morgan fingerprint density at radius 3 is 2.57 bits per heavy atom. The van der Waals surface area contributed by atoms with E-state index in [0.29, 0.717) is 19.2 Å². The standard InChI is InChI=1S/C20H26N6O2/c1-14-12-21-13-16(22-14)25-6-4-20(5-7-25)3-2-15-17(20)23-19(24-18(15)27)26-8-10-28-11-9-26/h12-13H,2-11H2,1H3,(H,23,24,27). The molecule has 0 saturated carbocycles. The fraction of sp³-hybridized carbons (Fsp3) is 0.600. The molecule has 1 spiro atoms. The van der Waals surface area contributed by atoms with Crippen molar-refractivity contribution in [3.05, 3.63) is 39.7 Å². The highest BCUT2D eigenvalue weighted by Crippen LogP contribution is 2.45. The summed E-state index contributed by atoms with van der Waals surface area (Å²) in [7, 11) is 0. The average Bonchev–Trinajstić information content (AvgIpc) is 3.08. The molecule has 5 rings (SSSR count). The molecule has 8 heteroatoms. The molecule has 2 saturated heterocycles. The van der Waals surface area contributed by atoms with Crippen molar-refractivity contribution in [3.8, 4) is 0 Å². The van der Waals surface area contributed by atoms with E-state index in [9.17, 15) is 4.79 Å². The van der Waals surface area contributed by atoms with E-state index in [4.69, 9.17) is 9.72 Å². The Balaban J connectivity index is 1.41. The van der Waals surface area contributed by atoms with Crippen LogP contribution in [-0.2, 0) is 16.6 Å². The van der Waals surface area contributed by atoms with Crippen LogP contribution < -0.4 is 15.4 Å². The summed E-state index contributed by atoms with van der Waals surface area (Å²) in [5.74, 6) is 1.65. The lowest BCUT2D eigenvalue weighted by Gasteiger charge is -2.40. The van der Waals surface area contributed by atoms with Crippen LogP contribution in [0.1, 0.15) is 36.2 Å². The van der Waals surface area contributed by atoms with Gasteiger partial charge in [0.2, 0.25) is 5.95 Å². The van der Waals surface area contributed by atoms with Gasteiger partial charge in [0.1, 0.15) is 5.82 Å². The SMILES string of the molecule is Cc1cncc(N2CCC3(CCc4c3nc(N3CCOCC3)[nH]c4=O)CC2)n1. The highest BCUT2D eigenvalue weighted by Gasteiger charge is 2.44. The predicted molar refractivity (Wildman–Crippen MR) is 106 cm³/mol. The number of morpholine rings is 1. The van der Waals surface area contributed by atoms with E-state index >= 15 is 0 Å². The number of nitrogens with one attached hydrogen (secondary N) is 1. The van der Waals surface area contributed by atoms with Gasteiger partial charge in [-0.3, -0.25) is 14.8 Å². The van der Waals surface area contributed by atoms with E-state index in [1.165, 1.54) is 0 Å². The first-order valence-corrected chi connectivity index (χ1v) is 10.1. The zero-order chi connectivity index (χ0) is 19.1. The number of aryl methyl sites for hydroxylation is 1. The van der Waals surface area contributed by atoms with Crippen LogP contribution in [0.4, 0.5) is 11.8 Å². The summed E-state index contributed by atoms with van der Waals surface area (Å²) in [6.45, 7) is 6.70. The number of hydrogen-bond acceptors (Lipinski definition) is 7. The van der Waals surface area contributed by atoms with Crippen molar-refractivity contribution in [2.75, 3.05) is 49.2 Å². The van der Waals surface area contributed by atoms with Gasteiger partial charge >= 0.3 is 0 Å². The van der Waals surface area contributed by atoms with Gasteiger partial charge < -0.3 is 14.5 Å². The first kappa shape index (κ1) is 17.6. The first-order valence-electron chi connectivity index (χ1n) is 10.1. The van der Waals surface area contributed by atoms with E-state index in [0.717, 1.165) is 74.6 Å². The number of nitrogens with zero attached hydrogens (tertiary/aromatic N) is 5. The predicted octanol–water partition coefficient (Wildman–Crippen LogP) is 1.19. The summed E-state index contributed by atoms with van der Waals surface area (Å²) in [5, 5.41) is 0. The molecule has 0 radical (unpaired) electrons. The van der Waals surface area contributed by atoms with Gasteiger partial charge in [0.05, 0.1) is 30.8 Å². The summed E-state index contributed by atoms with van der Waals surface area (Å²) in [5.41, 5.74) is 2.91. The minimum Gasteiger partial charge on any atom is -0.378 e. The number of anilines is 2. The zero-order valence-electron chi connectivity index (χ0n) is 16.3. The monoisotopic (exact) mass is 382 g/mol. The molecule has 2 fully saturated rings. The summed E-state index contributed by atoms with van der Waals surface area (Å²) >= 11 is 0. The Hall–Kier alpha value is -2.48. The third-order valence-corrected chi connectivity index (χ3v) is 6.46. The van der Waals surface area contributed by atoms with Gasteiger partial charge in [0.15, 0.2) is 0 Å². The molecule has 0 amide bonds. The van der Waals surface area contributed by atoms with Crippen LogP contribution in [0.15, 0.2) is 17.2 Å². The molecule has 3 aliphatic rings. The number of aromatic amines is 1. The lowest BCUT2D eigenvalue weighted by Crippen LogP contribution is -2.43. The molecule has 1 aliphatic carbocycles. The Morgan fingerprint density at radius 2 is 1.82 bits per heavy atom. The van der Waals surface area contributed by atoms with Crippen molar-refractivity contribution in [1.82, 2.24) is 19.9 Å². The Bertz CT molecular complexity index is 929. The number of piperidine rings is 1. The Morgan fingerprint density at radius 1 is 1.04 bits per heavy atom. The summed E-state index contributed by atoms with van der Waals surface area (Å²) in [6.07, 6.45) is 7.45. The smallest absolute Gasteiger partial charge is 0.255 e. The van der Waals surface area contributed by atoms with Crippen molar-refractivity contribution in [3.63, 3.8) is 0 Å². The number of aromatic nitrogens is 4. The lowest BCUT2D eigenvalue weighted by atomic mass is 9.76. The van der Waals surface area contributed by atoms with Gasteiger partial charge in [0, 0.05) is 43.4 Å². The number of H-pyrrole nitrogens is 1. The molecule has 0 aromatic carbocycles. The van der Waals surface area contributed by atoms with Crippen LogP contribution in [0, 0.1) is 6.92 Å². The maximum absolute atomic E-state index is 12.7. The van der Waals surface area contributed by atoms with E-state index in [-0.39, 0.29) is 11.0 Å². The van der Waals surface area contributed by atoms with E-state index in [2.05, 4.69) is 24.8 Å². The molecule has 0 unspecified atom stereocenters. The van der Waals surface area contributed by atoms with Gasteiger partial charge in [-0.15, -0.1) is 0 Å². The Kier molecular flexibility index (Phi) is 4.30. The molecule has 2 aliphatic heterocycles. The quantitative estimate of drug-likeness (QED) is 0.835. The summed E-state index contributed by atoms with van der Waals surface area (Å²) in [4.78, 5) is 34.1. The van der Waals surface area contributed by atoms with Gasteiger partial charge in [-0.1, -0.05) is 0 Å². The fourth-order valence-electron chi connectivity index (χ4n) is 4.82. The second-order valence-corrected chi connectivity index (χ2v) is 8.10. The molecule has 148 valence electrons. The van der Waals surface area contributed by atoms with Crippen LogP contribution in [0.2, 0.25) is 0 Å². The molecule has 1 N–H and O–H groups in total. The molecule has 8 nitrogen and oxygen atoms in total. The Labute approximate surface area is 164 Å². The number of rotatable bonds is 2. The van der Waals surface area contributed by atoms with Crippen molar-refractivity contribution in [2.24, 2.45) is 0 Å². The first-order chi connectivity index (χ1) is 13.6. The van der Waals surface area contributed by atoms with Gasteiger partial charge in [-0.25, -0.2) is 9.97 Å². The summed E-state index contributed by atoms with van der Waals surface area (Å²) < 4.78 is 5.44. The number of hydrogen-bond donors (Lipinski definition) is 1. The van der Waals surface area contributed by atoms with E-state index in [1.807, 2.05) is 13.1 Å². The molecular weight excluding hydrogens is 356 g/mol. The van der Waals surface area contributed by atoms with Crippen LogP contribution in [-0.4, -0.2) is 59.3 Å². The molecule has 28 heavy (non-hydrogen) atoms. The highest BCUT2D eigenvalue weighted by molar-refractivity contribution is 5.43. The molecule has 2 aromatic heterocycles. The fourth-order valence-corrected chi connectivity index (χ4v) is 4.82. The molecule has 0 bridgehead atoms. The van der Waals surface area contributed by atoms with Crippen molar-refractivity contribution in [1.29, 1.82) is 0 Å². The minimum absolute atomic E-state index is 0.0123. The largest absolute Gasteiger partial charge is 0.378 e. The maximum atomic E-state index is 12.7. The lowest BCUT2D eigenvalue weighted by molar-refractivity contribution is 0.122. The topological polar surface area (TPSA) is 87.2 Å². The van der Waals surface area contributed by atoms with Crippen LogP contribution in [0.25, 0.3) is 0 Å². The minimum atomic E-state index is 0.0123. The average molecular weight is 382 g/mol. The maximum Gasteiger partial charge on any atom is 0.255 e. The molecule has 2 aromatic rings. The third kappa shape index (κ3) is 2.96. The van der Waals surface area contributed by atoms with Crippen molar-refractivity contribution in [2.45, 2.75) is 38.0 Å². The normalized spacial score (nSPS) is 21.2. The zero-order valence-corrected chi connectivity index (χ0v) is 16.3. The second-order valence-electron chi connectivity index (χ2n) is 8.10. The summed E-state index contributed by atoms with van der Waals surface area (Å²) in [6, 6.07) is 0. The number of fused-ring (bicyclic) bond motifs is 2. The van der Waals surface area contributed by atoms with E-state index < -0.39 is 0 Å². The van der Waals surface area contributed by atoms with Gasteiger partial charge in [-0.05, 0) is 32.6 Å². The van der Waals surface area contributed by atoms with Crippen LogP contribution >= 0.6 is 0 Å². The van der Waals surface area contributed by atoms with Gasteiger partial charge in [-0.2, -0.15) is 0 Å². The molecule has 4 heterocycles. The molecular formula is C20H26N6O2. The van der Waals surface area contributed by atoms with Crippen molar-refractivity contribution < 1.29 is 4.74 Å². The van der Waals surface area contributed by atoms with Crippen molar-refractivity contribution >= 4 is 11.8 Å². The van der Waals surface area contributed by atoms with Crippen LogP contribution in [0.5, 0.6) is 0 Å². The second kappa shape index (κ2) is 6.84. The number of ether oxygens (including phenoxy) is 1. The third-order valence-electron chi connectivity index (χ3n) is 6.46. The highest BCUT2D eigenvalue weighted by atomic mass is 16.5.